The molecule has 1 rings (SSSR count). The highest BCUT2D eigenvalue weighted by Gasteiger charge is 2.70. The van der Waals surface area contributed by atoms with Crippen LogP contribution in [0.3, 0.4) is 0 Å². The zero-order valence-corrected chi connectivity index (χ0v) is 12.3. The summed E-state index contributed by atoms with van der Waals surface area (Å²) in [5, 5.41) is 2.32. The van der Waals surface area contributed by atoms with Crippen molar-refractivity contribution in [3.63, 3.8) is 0 Å². The third kappa shape index (κ3) is 4.48. The van der Waals surface area contributed by atoms with Gasteiger partial charge in [0.1, 0.15) is 0 Å². The third-order valence-electron chi connectivity index (χ3n) is 3.27. The van der Waals surface area contributed by atoms with Crippen molar-refractivity contribution in [1.82, 2.24) is 5.32 Å². The van der Waals surface area contributed by atoms with Gasteiger partial charge in [0, 0.05) is 5.69 Å². The second-order valence-corrected chi connectivity index (χ2v) is 4.91. The Hall–Kier alpha value is -2.14. The van der Waals surface area contributed by atoms with Gasteiger partial charge in [-0.25, -0.2) is 4.79 Å². The summed E-state index contributed by atoms with van der Waals surface area (Å²) in [6, 6.07) is 0.748. The lowest BCUT2D eigenvalue weighted by molar-refractivity contribution is -0.304. The highest BCUT2D eigenvalue weighted by Crippen LogP contribution is 2.45. The average Bonchev–Trinajstić information content (AvgIpc) is 2.41. The van der Waals surface area contributed by atoms with Gasteiger partial charge >= 0.3 is 24.6 Å². The fourth-order valence-electron chi connectivity index (χ4n) is 1.92. The number of halogens is 9. The van der Waals surface area contributed by atoms with Crippen molar-refractivity contribution >= 4 is 11.7 Å². The number of carbonyl (C=O) groups is 1. The monoisotopic (exact) mass is 382 g/mol. The molecule has 25 heavy (non-hydrogen) atoms. The first-order chi connectivity index (χ1) is 11.1. The lowest BCUT2D eigenvalue weighted by Gasteiger charge is -2.37. The third-order valence-corrected chi connectivity index (χ3v) is 3.27. The highest BCUT2D eigenvalue weighted by atomic mass is 19.4. The van der Waals surface area contributed by atoms with E-state index in [1.54, 1.807) is 0 Å². The number of benzene rings is 1. The van der Waals surface area contributed by atoms with Gasteiger partial charge in [0.05, 0.1) is 5.56 Å². The molecule has 0 unspecified atom stereocenters. The van der Waals surface area contributed by atoms with Gasteiger partial charge in [-0.1, -0.05) is 13.0 Å². The molecule has 1 aromatic carbocycles. The van der Waals surface area contributed by atoms with Crippen LogP contribution in [0.4, 0.5) is 50.0 Å². The summed E-state index contributed by atoms with van der Waals surface area (Å²) in [7, 11) is 0. The number of hydrogen-bond acceptors (Lipinski definition) is 1. The predicted molar refractivity (Wildman–Crippen MR) is 68.7 cm³/mol. The Bertz CT molecular complexity index is 605. The molecule has 0 saturated heterocycles. The number of amides is 2. The van der Waals surface area contributed by atoms with Crippen molar-refractivity contribution in [1.29, 1.82) is 0 Å². The van der Waals surface area contributed by atoms with Crippen LogP contribution in [0.15, 0.2) is 24.3 Å². The molecule has 0 heterocycles. The highest BCUT2D eigenvalue weighted by molar-refractivity contribution is 5.90. The number of anilines is 1. The molecule has 0 fully saturated rings. The molecule has 0 aromatic heterocycles. The topological polar surface area (TPSA) is 41.1 Å². The van der Waals surface area contributed by atoms with Crippen molar-refractivity contribution in [2.24, 2.45) is 0 Å². The van der Waals surface area contributed by atoms with E-state index < -0.39 is 47.8 Å². The summed E-state index contributed by atoms with van der Waals surface area (Å²) in [5.74, 6) is 0. The maximum absolute atomic E-state index is 12.9. The van der Waals surface area contributed by atoms with Crippen molar-refractivity contribution in [2.45, 2.75) is 37.4 Å². The average molecular weight is 382 g/mol. The molecule has 12 heteroatoms. The summed E-state index contributed by atoms with van der Waals surface area (Å²) < 4.78 is 115. The molecule has 0 aliphatic rings. The number of alkyl halides is 9. The van der Waals surface area contributed by atoms with Gasteiger partial charge in [0.15, 0.2) is 0 Å². The number of rotatable bonds is 3. The van der Waals surface area contributed by atoms with Crippen molar-refractivity contribution in [2.75, 3.05) is 5.32 Å². The lowest BCUT2D eigenvalue weighted by atomic mass is 9.94. The molecule has 3 nitrogen and oxygen atoms in total. The summed E-state index contributed by atoms with van der Waals surface area (Å²) in [5.41, 5.74) is -6.40. The Kier molecular flexibility index (Phi) is 5.55. The van der Waals surface area contributed by atoms with Crippen LogP contribution in [-0.4, -0.2) is 23.9 Å². The van der Waals surface area contributed by atoms with E-state index in [1.807, 2.05) is 0 Å². The molecule has 0 aliphatic carbocycles. The van der Waals surface area contributed by atoms with E-state index in [-0.39, 0.29) is 0 Å². The standard InChI is InChI=1S/C13H11F9N2O/c1-2-10(12(17,18)19,13(20,21)22)24-9(25)23-8-5-3-4-7(6-8)11(14,15)16/h3-6H,2H2,1H3,(H2,23,24,25). The first-order valence-electron chi connectivity index (χ1n) is 6.54. The van der Waals surface area contributed by atoms with Gasteiger partial charge in [-0.3, -0.25) is 0 Å². The minimum atomic E-state index is -5.87. The molecule has 0 spiro atoms. The van der Waals surface area contributed by atoms with Crippen LogP contribution < -0.4 is 10.6 Å². The van der Waals surface area contributed by atoms with E-state index in [0.717, 1.165) is 17.4 Å². The second kappa shape index (κ2) is 6.64. The molecule has 0 atom stereocenters. The van der Waals surface area contributed by atoms with E-state index >= 15 is 0 Å². The minimum absolute atomic E-state index is 0.369. The number of urea groups is 1. The molecular formula is C13H11F9N2O. The predicted octanol–water partition coefficient (Wildman–Crippen LogP) is 5.10. The van der Waals surface area contributed by atoms with Crippen molar-refractivity contribution < 1.29 is 44.3 Å². The lowest BCUT2D eigenvalue weighted by Crippen LogP contribution is -2.67. The maximum Gasteiger partial charge on any atom is 0.420 e. The number of carbonyl (C=O) groups excluding carboxylic acids is 1. The van der Waals surface area contributed by atoms with Gasteiger partial charge < -0.3 is 10.6 Å². The number of nitrogens with one attached hydrogen (secondary N) is 2. The smallest absolute Gasteiger partial charge is 0.316 e. The van der Waals surface area contributed by atoms with Gasteiger partial charge in [-0.2, -0.15) is 39.5 Å². The minimum Gasteiger partial charge on any atom is -0.316 e. The Balaban J connectivity index is 3.08. The van der Waals surface area contributed by atoms with E-state index in [2.05, 4.69) is 0 Å². The Labute approximate surface area is 135 Å². The molecule has 2 N–H and O–H groups in total. The molecule has 0 bridgehead atoms. The van der Waals surface area contributed by atoms with Crippen LogP contribution in [0.5, 0.6) is 0 Å². The molecule has 1 aromatic rings. The van der Waals surface area contributed by atoms with E-state index in [0.29, 0.717) is 19.1 Å². The van der Waals surface area contributed by atoms with Crippen LogP contribution in [-0.2, 0) is 6.18 Å². The van der Waals surface area contributed by atoms with E-state index in [1.165, 1.54) is 5.32 Å². The summed E-state index contributed by atoms with van der Waals surface area (Å²) in [4.78, 5) is 11.5. The molecule has 0 saturated carbocycles. The van der Waals surface area contributed by atoms with Crippen molar-refractivity contribution in [3.05, 3.63) is 29.8 Å². The van der Waals surface area contributed by atoms with Crippen LogP contribution >= 0.6 is 0 Å². The summed E-state index contributed by atoms with van der Waals surface area (Å²) >= 11 is 0. The molecule has 0 aliphatic heterocycles. The SMILES string of the molecule is CCC(NC(=O)Nc1cccc(C(F)(F)F)c1)(C(F)(F)F)C(F)(F)F. The van der Waals surface area contributed by atoms with E-state index in [4.69, 9.17) is 0 Å². The Morgan fingerprint density at radius 2 is 1.48 bits per heavy atom. The maximum atomic E-state index is 12.9. The van der Waals surface area contributed by atoms with Crippen molar-refractivity contribution in [3.8, 4) is 0 Å². The summed E-state index contributed by atoms with van der Waals surface area (Å²) in [6.45, 7) is 0.561. The Morgan fingerprint density at radius 1 is 0.960 bits per heavy atom. The van der Waals surface area contributed by atoms with Gasteiger partial charge in [-0.05, 0) is 24.6 Å². The van der Waals surface area contributed by atoms with Gasteiger partial charge in [0.2, 0.25) is 5.54 Å². The molecule has 2 amide bonds. The van der Waals surface area contributed by atoms with Gasteiger partial charge in [-0.15, -0.1) is 0 Å². The zero-order chi connectivity index (χ0) is 19.7. The quantitative estimate of drug-likeness (QED) is 0.702. The van der Waals surface area contributed by atoms with Crippen LogP contribution in [0, 0.1) is 0 Å². The van der Waals surface area contributed by atoms with E-state index in [9.17, 15) is 44.3 Å². The second-order valence-electron chi connectivity index (χ2n) is 4.91. The van der Waals surface area contributed by atoms with Gasteiger partial charge in [0.25, 0.3) is 0 Å². The normalized spacial score (nSPS) is 13.5. The first kappa shape index (κ1) is 20.9. The summed E-state index contributed by atoms with van der Waals surface area (Å²) in [6.07, 6.45) is -18.1. The van der Waals surface area contributed by atoms with Crippen LogP contribution in [0.2, 0.25) is 0 Å². The van der Waals surface area contributed by atoms with Crippen LogP contribution in [0.25, 0.3) is 0 Å². The number of hydrogen-bond donors (Lipinski definition) is 2. The first-order valence-corrected chi connectivity index (χ1v) is 6.54. The fourth-order valence-corrected chi connectivity index (χ4v) is 1.92. The van der Waals surface area contributed by atoms with Crippen LogP contribution in [0.1, 0.15) is 18.9 Å². The largest absolute Gasteiger partial charge is 0.420 e. The fraction of sp³-hybridized carbons (Fsp3) is 0.462. The molecule has 0 radical (unpaired) electrons. The zero-order valence-electron chi connectivity index (χ0n) is 12.3. The molecular weight excluding hydrogens is 371 g/mol. The molecule has 142 valence electrons. The Morgan fingerprint density at radius 3 is 1.88 bits per heavy atom.